The molecule has 1 aromatic heterocycles. The maximum absolute atomic E-state index is 5.42. The van der Waals surface area contributed by atoms with Gasteiger partial charge in [-0.1, -0.05) is 54.6 Å². The molecule has 0 atom stereocenters. The molecule has 0 fully saturated rings. The van der Waals surface area contributed by atoms with E-state index in [2.05, 4.69) is 70.7 Å². The largest absolute Gasteiger partial charge is 0.495 e. The highest BCUT2D eigenvalue weighted by Crippen LogP contribution is 2.24. The molecule has 1 N–H and O–H groups in total. The third kappa shape index (κ3) is 3.29. The minimum Gasteiger partial charge on any atom is -0.495 e. The molecule has 0 aliphatic carbocycles. The van der Waals surface area contributed by atoms with Crippen LogP contribution in [0.15, 0.2) is 85.1 Å². The number of methoxy groups -OCH3 is 1. The van der Waals surface area contributed by atoms with Gasteiger partial charge in [-0.2, -0.15) is 0 Å². The van der Waals surface area contributed by atoms with Crippen LogP contribution in [0.3, 0.4) is 0 Å². The van der Waals surface area contributed by atoms with E-state index in [0.717, 1.165) is 24.5 Å². The van der Waals surface area contributed by atoms with Gasteiger partial charge >= 0.3 is 0 Å². The summed E-state index contributed by atoms with van der Waals surface area (Å²) in [5, 5.41) is 6.08. The van der Waals surface area contributed by atoms with E-state index in [0.29, 0.717) is 0 Å². The number of anilines is 1. The summed E-state index contributed by atoms with van der Waals surface area (Å²) in [6.07, 6.45) is 2.14. The van der Waals surface area contributed by atoms with Crippen molar-refractivity contribution in [1.29, 1.82) is 0 Å². The molecular weight excluding hydrogens is 320 g/mol. The minimum atomic E-state index is 0.748. The van der Waals surface area contributed by atoms with E-state index in [1.807, 2.05) is 24.3 Å². The number of hydrogen-bond acceptors (Lipinski definition) is 2. The van der Waals surface area contributed by atoms with Gasteiger partial charge in [0.05, 0.1) is 19.3 Å². The Kier molecular flexibility index (Phi) is 4.61. The fourth-order valence-corrected chi connectivity index (χ4v) is 3.35. The predicted molar refractivity (Wildman–Crippen MR) is 108 cm³/mol. The number of ether oxygens (including phenoxy) is 1. The lowest BCUT2D eigenvalue weighted by atomic mass is 10.0. The van der Waals surface area contributed by atoms with E-state index in [9.17, 15) is 0 Å². The van der Waals surface area contributed by atoms with Crippen molar-refractivity contribution in [3.63, 3.8) is 0 Å². The van der Waals surface area contributed by atoms with E-state index in [4.69, 9.17) is 4.74 Å². The molecule has 0 amide bonds. The highest BCUT2D eigenvalue weighted by molar-refractivity contribution is 5.85. The molecule has 1 heterocycles. The van der Waals surface area contributed by atoms with Crippen molar-refractivity contribution in [2.45, 2.75) is 13.1 Å². The Hall–Kier alpha value is -3.20. The molecule has 130 valence electrons. The average Bonchev–Trinajstić information content (AvgIpc) is 3.14. The second kappa shape index (κ2) is 7.36. The van der Waals surface area contributed by atoms with E-state index in [-0.39, 0.29) is 0 Å². The van der Waals surface area contributed by atoms with Gasteiger partial charge in [-0.3, -0.25) is 0 Å². The summed E-state index contributed by atoms with van der Waals surface area (Å²) in [7, 11) is 1.70. The number of nitrogens with zero attached hydrogens (tertiary/aromatic N) is 1. The standard InChI is InChI=1S/C23H22N2O/c1-26-23-14-5-4-13-22(23)24-16-20-11-7-15-25(20)17-19-10-6-9-18-8-2-3-12-21(18)19/h2-15,24H,16-17H2,1H3. The number of hydrogen-bond donors (Lipinski definition) is 1. The summed E-state index contributed by atoms with van der Waals surface area (Å²) in [4.78, 5) is 0. The van der Waals surface area contributed by atoms with Crippen LogP contribution in [0.5, 0.6) is 5.75 Å². The highest BCUT2D eigenvalue weighted by Gasteiger charge is 2.06. The molecular formula is C23H22N2O. The van der Waals surface area contributed by atoms with E-state index in [1.54, 1.807) is 7.11 Å². The van der Waals surface area contributed by atoms with Crippen LogP contribution in [0.25, 0.3) is 10.8 Å². The first-order valence-corrected chi connectivity index (χ1v) is 8.83. The summed E-state index contributed by atoms with van der Waals surface area (Å²) in [6, 6.07) is 27.3. The van der Waals surface area contributed by atoms with Gasteiger partial charge < -0.3 is 14.6 Å². The summed E-state index contributed by atoms with van der Waals surface area (Å²) >= 11 is 0. The molecule has 0 saturated heterocycles. The smallest absolute Gasteiger partial charge is 0.141 e. The van der Waals surface area contributed by atoms with Crippen LogP contribution in [-0.2, 0) is 13.1 Å². The molecule has 0 bridgehead atoms. The van der Waals surface area contributed by atoms with Gasteiger partial charge in [0.15, 0.2) is 0 Å². The van der Waals surface area contributed by atoms with Crippen LogP contribution in [0.4, 0.5) is 5.69 Å². The van der Waals surface area contributed by atoms with Crippen molar-refractivity contribution in [2.75, 3.05) is 12.4 Å². The van der Waals surface area contributed by atoms with Crippen LogP contribution >= 0.6 is 0 Å². The van der Waals surface area contributed by atoms with E-state index < -0.39 is 0 Å². The van der Waals surface area contributed by atoms with Crippen molar-refractivity contribution in [1.82, 2.24) is 4.57 Å². The monoisotopic (exact) mass is 342 g/mol. The quantitative estimate of drug-likeness (QED) is 0.514. The van der Waals surface area contributed by atoms with Crippen LogP contribution in [0, 0.1) is 0 Å². The van der Waals surface area contributed by atoms with Crippen molar-refractivity contribution >= 4 is 16.5 Å². The Morgan fingerprint density at radius 1 is 0.846 bits per heavy atom. The van der Waals surface area contributed by atoms with Crippen LogP contribution in [0.1, 0.15) is 11.3 Å². The normalized spacial score (nSPS) is 10.8. The fourth-order valence-electron chi connectivity index (χ4n) is 3.35. The number of nitrogens with one attached hydrogen (secondary N) is 1. The third-order valence-electron chi connectivity index (χ3n) is 4.71. The van der Waals surface area contributed by atoms with Gasteiger partial charge in [0.2, 0.25) is 0 Å². The first-order valence-electron chi connectivity index (χ1n) is 8.83. The molecule has 3 nitrogen and oxygen atoms in total. The number of aromatic nitrogens is 1. The minimum absolute atomic E-state index is 0.748. The van der Waals surface area contributed by atoms with Gasteiger partial charge in [0.1, 0.15) is 5.75 Å². The summed E-state index contributed by atoms with van der Waals surface area (Å²) < 4.78 is 7.72. The van der Waals surface area contributed by atoms with Crippen molar-refractivity contribution < 1.29 is 4.74 Å². The number of rotatable bonds is 6. The lowest BCUT2D eigenvalue weighted by Gasteiger charge is -2.14. The second-order valence-electron chi connectivity index (χ2n) is 6.32. The topological polar surface area (TPSA) is 26.2 Å². The van der Waals surface area contributed by atoms with Gasteiger partial charge in [-0.05, 0) is 40.6 Å². The molecule has 0 unspecified atom stereocenters. The van der Waals surface area contributed by atoms with Gasteiger partial charge in [-0.15, -0.1) is 0 Å². The fraction of sp³-hybridized carbons (Fsp3) is 0.130. The lowest BCUT2D eigenvalue weighted by Crippen LogP contribution is -2.08. The first kappa shape index (κ1) is 16.3. The first-order chi connectivity index (χ1) is 12.8. The Labute approximate surface area is 153 Å². The zero-order valence-electron chi connectivity index (χ0n) is 14.9. The second-order valence-corrected chi connectivity index (χ2v) is 6.32. The SMILES string of the molecule is COc1ccccc1NCc1cccn1Cc1cccc2ccccc12. The highest BCUT2D eigenvalue weighted by atomic mass is 16.5. The molecule has 26 heavy (non-hydrogen) atoms. The van der Waals surface area contributed by atoms with Crippen LogP contribution in [0.2, 0.25) is 0 Å². The Balaban J connectivity index is 1.55. The summed E-state index contributed by atoms with van der Waals surface area (Å²) in [5.74, 6) is 0.861. The average molecular weight is 342 g/mol. The van der Waals surface area contributed by atoms with Crippen molar-refractivity contribution in [2.24, 2.45) is 0 Å². The zero-order chi connectivity index (χ0) is 17.8. The number of fused-ring (bicyclic) bond motifs is 1. The third-order valence-corrected chi connectivity index (χ3v) is 4.71. The number of benzene rings is 3. The predicted octanol–water partition coefficient (Wildman–Crippen LogP) is 5.31. The maximum Gasteiger partial charge on any atom is 0.141 e. The number of para-hydroxylation sites is 2. The molecule has 4 aromatic rings. The molecule has 0 spiro atoms. The summed E-state index contributed by atoms with van der Waals surface area (Å²) in [5.41, 5.74) is 3.58. The molecule has 3 heteroatoms. The van der Waals surface area contributed by atoms with Crippen LogP contribution in [-0.4, -0.2) is 11.7 Å². The maximum atomic E-state index is 5.42. The van der Waals surface area contributed by atoms with Gasteiger partial charge in [0, 0.05) is 18.4 Å². The van der Waals surface area contributed by atoms with Gasteiger partial charge in [0.25, 0.3) is 0 Å². The molecule has 0 aliphatic rings. The van der Waals surface area contributed by atoms with Crippen LogP contribution < -0.4 is 10.1 Å². The lowest BCUT2D eigenvalue weighted by molar-refractivity contribution is 0.416. The Bertz CT molecular complexity index is 1010. The van der Waals surface area contributed by atoms with Gasteiger partial charge in [-0.25, -0.2) is 0 Å². The zero-order valence-corrected chi connectivity index (χ0v) is 14.9. The van der Waals surface area contributed by atoms with Crippen molar-refractivity contribution in [3.05, 3.63) is 96.3 Å². The molecule has 3 aromatic carbocycles. The molecule has 0 radical (unpaired) electrons. The van der Waals surface area contributed by atoms with E-state index >= 15 is 0 Å². The Morgan fingerprint density at radius 3 is 2.58 bits per heavy atom. The molecule has 0 saturated carbocycles. The molecule has 4 rings (SSSR count). The Morgan fingerprint density at radius 2 is 1.65 bits per heavy atom. The summed E-state index contributed by atoms with van der Waals surface area (Å²) in [6.45, 7) is 1.61. The molecule has 0 aliphatic heterocycles. The van der Waals surface area contributed by atoms with E-state index in [1.165, 1.54) is 22.0 Å². The van der Waals surface area contributed by atoms with Crippen molar-refractivity contribution in [3.8, 4) is 5.75 Å².